The first-order chi connectivity index (χ1) is 9.16. The molecular weight excluding hydrogens is 266 g/mol. The summed E-state index contributed by atoms with van der Waals surface area (Å²) < 4.78 is 1.47. The molecule has 1 N–H and O–H groups in total. The maximum absolute atomic E-state index is 11.5. The van der Waals surface area contributed by atoms with Crippen molar-refractivity contribution in [2.24, 2.45) is 0 Å². The minimum Gasteiger partial charge on any atom is -0.476 e. The minimum absolute atomic E-state index is 0.0745. The standard InChI is InChI=1S/C13H8ClN3O2/c14-9-3-4-10-16-11(8-2-1-5-15-6-8)12(13(18)19)17(10)7-9/h1-7H,(H,18,19). The van der Waals surface area contributed by atoms with Crippen LogP contribution in [0.15, 0.2) is 42.9 Å². The smallest absolute Gasteiger partial charge is 0.355 e. The van der Waals surface area contributed by atoms with Crippen molar-refractivity contribution < 1.29 is 9.90 Å². The van der Waals surface area contributed by atoms with Crippen molar-refractivity contribution in [2.75, 3.05) is 0 Å². The Morgan fingerprint density at radius 1 is 1.32 bits per heavy atom. The molecule has 3 aromatic heterocycles. The van der Waals surface area contributed by atoms with Crippen molar-refractivity contribution in [3.63, 3.8) is 0 Å². The molecule has 0 radical (unpaired) electrons. The van der Waals surface area contributed by atoms with Gasteiger partial charge < -0.3 is 5.11 Å². The van der Waals surface area contributed by atoms with Crippen molar-refractivity contribution in [3.05, 3.63) is 53.6 Å². The number of imidazole rings is 1. The number of pyridine rings is 2. The summed E-state index contributed by atoms with van der Waals surface area (Å²) in [7, 11) is 0. The van der Waals surface area contributed by atoms with Crippen LogP contribution in [0.3, 0.4) is 0 Å². The number of carbonyl (C=O) groups is 1. The van der Waals surface area contributed by atoms with Gasteiger partial charge in [0.15, 0.2) is 5.69 Å². The molecule has 94 valence electrons. The van der Waals surface area contributed by atoms with Crippen LogP contribution in [0.4, 0.5) is 0 Å². The van der Waals surface area contributed by atoms with E-state index in [1.807, 2.05) is 0 Å². The molecule has 0 aliphatic heterocycles. The Kier molecular flexibility index (Phi) is 2.68. The monoisotopic (exact) mass is 273 g/mol. The molecule has 0 aromatic carbocycles. The first kappa shape index (κ1) is 11.7. The summed E-state index contributed by atoms with van der Waals surface area (Å²) in [5.41, 5.74) is 1.63. The molecule has 19 heavy (non-hydrogen) atoms. The highest BCUT2D eigenvalue weighted by Gasteiger charge is 2.19. The number of carboxylic acids is 1. The number of carboxylic acid groups (broad SMARTS) is 1. The van der Waals surface area contributed by atoms with Gasteiger partial charge in [-0.3, -0.25) is 9.38 Å². The highest BCUT2D eigenvalue weighted by Crippen LogP contribution is 2.25. The molecule has 6 heteroatoms. The van der Waals surface area contributed by atoms with Crippen molar-refractivity contribution in [1.82, 2.24) is 14.4 Å². The second-order valence-corrected chi connectivity index (χ2v) is 4.37. The van der Waals surface area contributed by atoms with E-state index in [1.54, 1.807) is 36.7 Å². The van der Waals surface area contributed by atoms with E-state index in [4.69, 9.17) is 11.6 Å². The quantitative estimate of drug-likeness (QED) is 0.779. The molecule has 0 saturated heterocycles. The van der Waals surface area contributed by atoms with Gasteiger partial charge in [0.2, 0.25) is 0 Å². The average Bonchev–Trinajstić information content (AvgIpc) is 2.78. The summed E-state index contributed by atoms with van der Waals surface area (Å²) in [4.78, 5) is 19.8. The van der Waals surface area contributed by atoms with E-state index in [2.05, 4.69) is 9.97 Å². The predicted molar refractivity (Wildman–Crippen MR) is 70.4 cm³/mol. The lowest BCUT2D eigenvalue weighted by atomic mass is 10.2. The van der Waals surface area contributed by atoms with Crippen molar-refractivity contribution in [1.29, 1.82) is 0 Å². The fourth-order valence-electron chi connectivity index (χ4n) is 1.93. The Balaban J connectivity index is 2.36. The van der Waals surface area contributed by atoms with Gasteiger partial charge in [0.05, 0.1) is 5.02 Å². The lowest BCUT2D eigenvalue weighted by Crippen LogP contribution is -2.03. The number of aromatic carboxylic acids is 1. The molecule has 0 saturated carbocycles. The summed E-state index contributed by atoms with van der Waals surface area (Å²) in [6, 6.07) is 6.85. The lowest BCUT2D eigenvalue weighted by molar-refractivity contribution is 0.0690. The summed E-state index contributed by atoms with van der Waals surface area (Å²) in [5, 5.41) is 9.83. The summed E-state index contributed by atoms with van der Waals surface area (Å²) in [5.74, 6) is -1.06. The van der Waals surface area contributed by atoms with E-state index >= 15 is 0 Å². The van der Waals surface area contributed by atoms with E-state index in [-0.39, 0.29) is 5.69 Å². The maximum atomic E-state index is 11.5. The number of rotatable bonds is 2. The van der Waals surface area contributed by atoms with Gasteiger partial charge in [-0.15, -0.1) is 0 Å². The second-order valence-electron chi connectivity index (χ2n) is 3.93. The van der Waals surface area contributed by atoms with Crippen molar-refractivity contribution in [3.8, 4) is 11.3 Å². The van der Waals surface area contributed by atoms with Crippen LogP contribution in [-0.2, 0) is 0 Å². The number of hydrogen-bond donors (Lipinski definition) is 1. The zero-order chi connectivity index (χ0) is 13.4. The third-order valence-electron chi connectivity index (χ3n) is 2.72. The molecule has 5 nitrogen and oxygen atoms in total. The van der Waals surface area contributed by atoms with Crippen LogP contribution in [0.1, 0.15) is 10.5 Å². The van der Waals surface area contributed by atoms with Crippen LogP contribution in [0, 0.1) is 0 Å². The number of aromatic nitrogens is 3. The van der Waals surface area contributed by atoms with Gasteiger partial charge in [-0.25, -0.2) is 9.78 Å². The lowest BCUT2D eigenvalue weighted by Gasteiger charge is -2.00. The van der Waals surface area contributed by atoms with Gasteiger partial charge in [0.1, 0.15) is 11.3 Å². The highest BCUT2D eigenvalue weighted by molar-refractivity contribution is 6.30. The Hall–Kier alpha value is -2.40. The van der Waals surface area contributed by atoms with Crippen molar-refractivity contribution >= 4 is 23.2 Å². The molecule has 0 bridgehead atoms. The van der Waals surface area contributed by atoms with Crippen molar-refractivity contribution in [2.45, 2.75) is 0 Å². The first-order valence-corrected chi connectivity index (χ1v) is 5.86. The van der Waals surface area contributed by atoms with Gasteiger partial charge in [-0.2, -0.15) is 0 Å². The summed E-state index contributed by atoms with van der Waals surface area (Å²) >= 11 is 5.90. The molecule has 3 rings (SSSR count). The highest BCUT2D eigenvalue weighted by atomic mass is 35.5. The zero-order valence-corrected chi connectivity index (χ0v) is 10.4. The maximum Gasteiger partial charge on any atom is 0.355 e. The molecule has 0 aliphatic carbocycles. The fraction of sp³-hybridized carbons (Fsp3) is 0. The molecule has 0 amide bonds. The third kappa shape index (κ3) is 1.94. The number of halogens is 1. The molecule has 0 atom stereocenters. The van der Waals surface area contributed by atoms with Crippen LogP contribution in [0.2, 0.25) is 5.02 Å². The van der Waals surface area contributed by atoms with Gasteiger partial charge in [-0.05, 0) is 24.3 Å². The Morgan fingerprint density at radius 2 is 2.16 bits per heavy atom. The molecule has 0 spiro atoms. The summed E-state index contributed by atoms with van der Waals surface area (Å²) in [6.45, 7) is 0. The van der Waals surface area contributed by atoms with Crippen LogP contribution in [0.25, 0.3) is 16.9 Å². The van der Waals surface area contributed by atoms with E-state index < -0.39 is 5.97 Å². The Morgan fingerprint density at radius 3 is 2.84 bits per heavy atom. The topological polar surface area (TPSA) is 67.5 Å². The van der Waals surface area contributed by atoms with Gasteiger partial charge in [-0.1, -0.05) is 11.6 Å². The third-order valence-corrected chi connectivity index (χ3v) is 2.94. The molecular formula is C13H8ClN3O2. The number of nitrogens with zero attached hydrogens (tertiary/aromatic N) is 3. The predicted octanol–water partition coefficient (Wildman–Crippen LogP) is 2.75. The zero-order valence-electron chi connectivity index (χ0n) is 9.62. The number of fused-ring (bicyclic) bond motifs is 1. The first-order valence-electron chi connectivity index (χ1n) is 5.48. The van der Waals surface area contributed by atoms with Crippen LogP contribution in [0.5, 0.6) is 0 Å². The SMILES string of the molecule is O=C(O)c1c(-c2cccnc2)nc2ccc(Cl)cn12. The Bertz CT molecular complexity index is 768. The minimum atomic E-state index is -1.06. The van der Waals surface area contributed by atoms with E-state index in [1.165, 1.54) is 10.6 Å². The Labute approximate surface area is 113 Å². The molecule has 0 fully saturated rings. The van der Waals surface area contributed by atoms with Crippen LogP contribution < -0.4 is 0 Å². The normalized spacial score (nSPS) is 10.8. The average molecular weight is 274 g/mol. The van der Waals surface area contributed by atoms with Gasteiger partial charge in [0, 0.05) is 24.2 Å². The largest absolute Gasteiger partial charge is 0.476 e. The van der Waals surface area contributed by atoms with E-state index in [9.17, 15) is 9.90 Å². The van der Waals surface area contributed by atoms with Gasteiger partial charge in [0.25, 0.3) is 0 Å². The van der Waals surface area contributed by atoms with E-state index in [0.717, 1.165) is 0 Å². The summed E-state index contributed by atoms with van der Waals surface area (Å²) in [6.07, 6.45) is 4.74. The molecule has 0 unspecified atom stereocenters. The van der Waals surface area contributed by atoms with Crippen LogP contribution in [-0.4, -0.2) is 25.4 Å². The molecule has 3 aromatic rings. The second kappa shape index (κ2) is 4.37. The number of hydrogen-bond acceptors (Lipinski definition) is 3. The fourth-order valence-corrected chi connectivity index (χ4v) is 2.09. The van der Waals surface area contributed by atoms with Crippen LogP contribution >= 0.6 is 11.6 Å². The molecule has 3 heterocycles. The van der Waals surface area contributed by atoms with E-state index in [0.29, 0.717) is 21.9 Å². The molecule has 0 aliphatic rings. The van der Waals surface area contributed by atoms with Gasteiger partial charge >= 0.3 is 5.97 Å².